The molecule has 0 heterocycles. The molecule has 0 fully saturated rings. The van der Waals surface area contributed by atoms with Crippen molar-refractivity contribution in [2.75, 3.05) is 6.54 Å². The van der Waals surface area contributed by atoms with Crippen LogP contribution in [0.2, 0.25) is 0 Å². The average Bonchev–Trinajstić information content (AvgIpc) is 2.32. The second kappa shape index (κ2) is 9.78. The van der Waals surface area contributed by atoms with Gasteiger partial charge in [-0.3, -0.25) is 4.79 Å². The topological polar surface area (TPSA) is 92.4 Å². The predicted octanol–water partition coefficient (Wildman–Crippen LogP) is 1.76. The number of carboxylic acid groups (broad SMARTS) is 1. The number of amides is 1. The summed E-state index contributed by atoms with van der Waals surface area (Å²) in [7, 11) is 0. The van der Waals surface area contributed by atoms with Gasteiger partial charge in [0.25, 0.3) is 0 Å². The van der Waals surface area contributed by atoms with Gasteiger partial charge in [0.05, 0.1) is 0 Å². The molecule has 0 unspecified atom stereocenters. The first kappa shape index (κ1) is 17.9. The normalized spacial score (nSPS) is 14.2. The molecule has 0 aromatic heterocycles. The number of carbonyl (C=O) groups is 2. The molecular weight excluding hydrogens is 244 g/mol. The van der Waals surface area contributed by atoms with Crippen molar-refractivity contribution in [2.45, 2.75) is 58.9 Å². The van der Waals surface area contributed by atoms with Crippen molar-refractivity contribution in [1.82, 2.24) is 5.32 Å². The van der Waals surface area contributed by atoms with Gasteiger partial charge < -0.3 is 16.2 Å². The van der Waals surface area contributed by atoms with Gasteiger partial charge in [0.1, 0.15) is 6.04 Å². The van der Waals surface area contributed by atoms with E-state index in [4.69, 9.17) is 10.8 Å². The third-order valence-corrected chi connectivity index (χ3v) is 3.09. The molecule has 112 valence electrons. The summed E-state index contributed by atoms with van der Waals surface area (Å²) >= 11 is 0. The maximum Gasteiger partial charge on any atom is 0.326 e. The van der Waals surface area contributed by atoms with Gasteiger partial charge in [0, 0.05) is 6.42 Å². The smallest absolute Gasteiger partial charge is 0.326 e. The van der Waals surface area contributed by atoms with Crippen LogP contribution in [-0.4, -0.2) is 29.6 Å². The Labute approximate surface area is 115 Å². The summed E-state index contributed by atoms with van der Waals surface area (Å²) in [5, 5.41) is 11.6. The van der Waals surface area contributed by atoms with Gasteiger partial charge in [0.15, 0.2) is 0 Å². The number of nitrogens with two attached hydrogens (primary N) is 1. The van der Waals surface area contributed by atoms with Crippen LogP contribution in [0.25, 0.3) is 0 Å². The molecule has 0 bridgehead atoms. The molecule has 19 heavy (non-hydrogen) atoms. The highest BCUT2D eigenvalue weighted by Gasteiger charge is 2.21. The zero-order chi connectivity index (χ0) is 14.8. The van der Waals surface area contributed by atoms with E-state index >= 15 is 0 Å². The van der Waals surface area contributed by atoms with E-state index in [0.717, 1.165) is 19.3 Å². The van der Waals surface area contributed by atoms with Crippen LogP contribution in [0.1, 0.15) is 52.9 Å². The summed E-state index contributed by atoms with van der Waals surface area (Å²) in [6.07, 6.45) is 3.39. The van der Waals surface area contributed by atoms with Crippen molar-refractivity contribution in [3.63, 3.8) is 0 Å². The van der Waals surface area contributed by atoms with E-state index in [1.807, 2.05) is 6.92 Å². The fraction of sp³-hybridized carbons (Fsp3) is 0.857. The van der Waals surface area contributed by atoms with Crippen molar-refractivity contribution in [3.05, 3.63) is 0 Å². The summed E-state index contributed by atoms with van der Waals surface area (Å²) in [5.41, 5.74) is 5.64. The van der Waals surface area contributed by atoms with Gasteiger partial charge >= 0.3 is 5.97 Å². The van der Waals surface area contributed by atoms with Crippen LogP contribution in [0.15, 0.2) is 0 Å². The SMILES string of the molecule is CCCC[C@H](NC(=O)C[C@@H](CN)CC(C)C)C(=O)O. The third-order valence-electron chi connectivity index (χ3n) is 3.09. The van der Waals surface area contributed by atoms with Crippen molar-refractivity contribution in [1.29, 1.82) is 0 Å². The van der Waals surface area contributed by atoms with E-state index in [1.165, 1.54) is 0 Å². The fourth-order valence-corrected chi connectivity index (χ4v) is 2.11. The quantitative estimate of drug-likeness (QED) is 0.565. The lowest BCUT2D eigenvalue weighted by Gasteiger charge is -2.19. The van der Waals surface area contributed by atoms with Crippen LogP contribution < -0.4 is 11.1 Å². The van der Waals surface area contributed by atoms with Crippen LogP contribution in [0.4, 0.5) is 0 Å². The lowest BCUT2D eigenvalue weighted by atomic mass is 9.94. The van der Waals surface area contributed by atoms with E-state index in [2.05, 4.69) is 19.2 Å². The minimum atomic E-state index is -0.963. The molecule has 0 rings (SSSR count). The highest BCUT2D eigenvalue weighted by Crippen LogP contribution is 2.14. The van der Waals surface area contributed by atoms with Crippen LogP contribution in [0.5, 0.6) is 0 Å². The minimum Gasteiger partial charge on any atom is -0.480 e. The Hall–Kier alpha value is -1.10. The van der Waals surface area contributed by atoms with E-state index in [-0.39, 0.29) is 11.8 Å². The summed E-state index contributed by atoms with van der Waals surface area (Å²) in [5.74, 6) is -0.563. The molecule has 2 atom stereocenters. The standard InChI is InChI=1S/C14H28N2O3/c1-4-5-6-12(14(18)19)16-13(17)8-11(9-15)7-10(2)3/h10-12H,4-9,15H2,1-3H3,(H,16,17)(H,18,19)/t11-,12-/m0/s1. The fourth-order valence-electron chi connectivity index (χ4n) is 2.11. The molecule has 0 saturated heterocycles. The monoisotopic (exact) mass is 272 g/mol. The van der Waals surface area contributed by atoms with Crippen molar-refractivity contribution in [2.24, 2.45) is 17.6 Å². The molecule has 0 aliphatic heterocycles. The Morgan fingerprint density at radius 3 is 2.37 bits per heavy atom. The number of carboxylic acids is 1. The summed E-state index contributed by atoms with van der Waals surface area (Å²) in [6, 6.07) is -0.773. The lowest BCUT2D eigenvalue weighted by Crippen LogP contribution is -2.41. The molecule has 0 radical (unpaired) electrons. The molecule has 0 aromatic rings. The largest absolute Gasteiger partial charge is 0.480 e. The Kier molecular flexibility index (Phi) is 9.21. The van der Waals surface area contributed by atoms with Crippen LogP contribution in [0.3, 0.4) is 0 Å². The minimum absolute atomic E-state index is 0.126. The van der Waals surface area contributed by atoms with Gasteiger partial charge in [-0.1, -0.05) is 33.6 Å². The van der Waals surface area contributed by atoms with Crippen molar-refractivity contribution >= 4 is 11.9 Å². The lowest BCUT2D eigenvalue weighted by molar-refractivity contribution is -0.142. The van der Waals surface area contributed by atoms with Crippen LogP contribution >= 0.6 is 0 Å². The maximum atomic E-state index is 11.8. The first-order chi connectivity index (χ1) is 8.90. The predicted molar refractivity (Wildman–Crippen MR) is 75.7 cm³/mol. The van der Waals surface area contributed by atoms with Crippen molar-refractivity contribution in [3.8, 4) is 0 Å². The highest BCUT2D eigenvalue weighted by molar-refractivity contribution is 5.83. The van der Waals surface area contributed by atoms with E-state index in [0.29, 0.717) is 25.3 Å². The Balaban J connectivity index is 4.27. The first-order valence-corrected chi connectivity index (χ1v) is 7.12. The number of hydrogen-bond donors (Lipinski definition) is 3. The van der Waals surface area contributed by atoms with Crippen LogP contribution in [0, 0.1) is 11.8 Å². The zero-order valence-electron chi connectivity index (χ0n) is 12.3. The third kappa shape index (κ3) is 8.59. The molecule has 1 amide bonds. The second-order valence-electron chi connectivity index (χ2n) is 5.54. The van der Waals surface area contributed by atoms with Gasteiger partial charge in [-0.2, -0.15) is 0 Å². The van der Waals surface area contributed by atoms with Gasteiger partial charge in [0.2, 0.25) is 5.91 Å². The zero-order valence-corrected chi connectivity index (χ0v) is 12.3. The summed E-state index contributed by atoms with van der Waals surface area (Å²) in [4.78, 5) is 22.9. The molecule has 4 N–H and O–H groups in total. The maximum absolute atomic E-state index is 11.8. The van der Waals surface area contributed by atoms with E-state index in [9.17, 15) is 9.59 Å². The molecule has 0 aromatic carbocycles. The number of hydrogen-bond acceptors (Lipinski definition) is 3. The second-order valence-corrected chi connectivity index (χ2v) is 5.54. The molecule has 0 aliphatic rings. The van der Waals surface area contributed by atoms with Gasteiger partial charge in [-0.15, -0.1) is 0 Å². The first-order valence-electron chi connectivity index (χ1n) is 7.12. The Morgan fingerprint density at radius 1 is 1.32 bits per heavy atom. The number of rotatable bonds is 10. The van der Waals surface area contributed by atoms with Crippen molar-refractivity contribution < 1.29 is 14.7 Å². The average molecular weight is 272 g/mol. The molecule has 0 saturated carbocycles. The van der Waals surface area contributed by atoms with E-state index < -0.39 is 12.0 Å². The van der Waals surface area contributed by atoms with Gasteiger partial charge in [-0.25, -0.2) is 4.79 Å². The molecule has 0 aliphatic carbocycles. The number of nitrogens with one attached hydrogen (secondary N) is 1. The summed E-state index contributed by atoms with van der Waals surface area (Å²) < 4.78 is 0. The Bertz CT molecular complexity index is 280. The van der Waals surface area contributed by atoms with Crippen LogP contribution in [-0.2, 0) is 9.59 Å². The molecular formula is C14H28N2O3. The van der Waals surface area contributed by atoms with Gasteiger partial charge in [-0.05, 0) is 31.2 Å². The summed E-state index contributed by atoms with van der Waals surface area (Å²) in [6.45, 7) is 6.62. The Morgan fingerprint density at radius 2 is 1.95 bits per heavy atom. The van der Waals surface area contributed by atoms with E-state index in [1.54, 1.807) is 0 Å². The highest BCUT2D eigenvalue weighted by atomic mass is 16.4. The molecule has 0 spiro atoms. The number of aliphatic carboxylic acids is 1. The number of unbranched alkanes of at least 4 members (excludes halogenated alkanes) is 1. The molecule has 5 nitrogen and oxygen atoms in total. The molecule has 5 heteroatoms. The number of carbonyl (C=O) groups excluding carboxylic acids is 1.